The lowest BCUT2D eigenvalue weighted by atomic mass is 10.1. The van der Waals surface area contributed by atoms with Crippen molar-refractivity contribution in [3.63, 3.8) is 0 Å². The number of nitrogens with zero attached hydrogens (tertiary/aromatic N) is 2. The van der Waals surface area contributed by atoms with Gasteiger partial charge in [-0.2, -0.15) is 0 Å². The lowest BCUT2D eigenvalue weighted by Crippen LogP contribution is -2.38. The van der Waals surface area contributed by atoms with Gasteiger partial charge in [0.25, 0.3) is 0 Å². The maximum Gasteiger partial charge on any atom is 0.315 e. The predicted molar refractivity (Wildman–Crippen MR) is 117 cm³/mol. The van der Waals surface area contributed by atoms with E-state index in [-0.39, 0.29) is 12.8 Å². The van der Waals surface area contributed by atoms with Crippen LogP contribution in [0.25, 0.3) is 11.0 Å². The van der Waals surface area contributed by atoms with Crippen molar-refractivity contribution in [3.05, 3.63) is 89.7 Å². The number of urea groups is 1. The number of aryl methyl sites for hydroxylation is 1. The van der Waals surface area contributed by atoms with E-state index in [1.165, 1.54) is 0 Å². The average Bonchev–Trinajstić information content (AvgIpc) is 3.41. The summed E-state index contributed by atoms with van der Waals surface area (Å²) < 4.78 is 12.8. The molecule has 0 saturated heterocycles. The highest BCUT2D eigenvalue weighted by atomic mass is 16.7. The third-order valence-electron chi connectivity index (χ3n) is 5.38. The van der Waals surface area contributed by atoms with Crippen molar-refractivity contribution < 1.29 is 14.3 Å². The van der Waals surface area contributed by atoms with Crippen LogP contribution >= 0.6 is 0 Å². The van der Waals surface area contributed by atoms with Crippen molar-refractivity contribution in [3.8, 4) is 11.5 Å². The van der Waals surface area contributed by atoms with Crippen LogP contribution < -0.4 is 20.1 Å². The highest BCUT2D eigenvalue weighted by Crippen LogP contribution is 2.32. The molecule has 0 unspecified atom stereocenters. The van der Waals surface area contributed by atoms with Gasteiger partial charge in [-0.25, -0.2) is 9.78 Å². The van der Waals surface area contributed by atoms with Gasteiger partial charge in [0.05, 0.1) is 11.0 Å². The number of aromatic nitrogens is 2. The van der Waals surface area contributed by atoms with Gasteiger partial charge in [0, 0.05) is 13.6 Å². The van der Waals surface area contributed by atoms with Crippen LogP contribution in [0.3, 0.4) is 0 Å². The Kier molecular flexibility index (Phi) is 4.92. The van der Waals surface area contributed by atoms with Crippen molar-refractivity contribution in [2.75, 3.05) is 6.79 Å². The van der Waals surface area contributed by atoms with Gasteiger partial charge in [-0.1, -0.05) is 48.5 Å². The molecule has 4 aromatic rings. The summed E-state index contributed by atoms with van der Waals surface area (Å²) in [5.74, 6) is 2.19. The van der Waals surface area contributed by atoms with Gasteiger partial charge >= 0.3 is 6.03 Å². The van der Waals surface area contributed by atoms with Crippen LogP contribution in [-0.4, -0.2) is 22.4 Å². The monoisotopic (exact) mass is 414 g/mol. The van der Waals surface area contributed by atoms with Crippen molar-refractivity contribution in [2.24, 2.45) is 7.05 Å². The minimum Gasteiger partial charge on any atom is -0.454 e. The number of hydrogen-bond donors (Lipinski definition) is 2. The van der Waals surface area contributed by atoms with Gasteiger partial charge in [0.2, 0.25) is 6.79 Å². The summed E-state index contributed by atoms with van der Waals surface area (Å²) >= 11 is 0. The molecule has 0 spiro atoms. The van der Waals surface area contributed by atoms with Crippen molar-refractivity contribution >= 4 is 17.1 Å². The van der Waals surface area contributed by atoms with E-state index >= 15 is 0 Å². The highest BCUT2D eigenvalue weighted by molar-refractivity contribution is 5.77. The summed E-state index contributed by atoms with van der Waals surface area (Å²) in [6.07, 6.45) is 0. The maximum atomic E-state index is 12.8. The van der Waals surface area contributed by atoms with Crippen LogP contribution in [0.1, 0.15) is 23.0 Å². The first-order valence-electron chi connectivity index (χ1n) is 10.1. The molecule has 0 radical (unpaired) electrons. The SMILES string of the molecule is Cn1c([C@H](NC(=O)NCc2ccc3c(c2)OCO3)c2ccccc2)nc2ccccc21. The predicted octanol–water partition coefficient (Wildman–Crippen LogP) is 3.89. The molecule has 5 rings (SSSR count). The Bertz CT molecular complexity index is 1240. The minimum absolute atomic E-state index is 0.226. The molecular formula is C24H22N4O3. The summed E-state index contributed by atoms with van der Waals surface area (Å²) in [4.78, 5) is 17.6. The molecule has 0 bridgehead atoms. The van der Waals surface area contributed by atoms with Crippen LogP contribution in [0.15, 0.2) is 72.8 Å². The molecule has 1 aliphatic rings. The number of fused-ring (bicyclic) bond motifs is 2. The number of hydrogen-bond acceptors (Lipinski definition) is 4. The Hall–Kier alpha value is -4.00. The van der Waals surface area contributed by atoms with E-state index in [9.17, 15) is 4.79 Å². The molecule has 7 nitrogen and oxygen atoms in total. The Labute approximate surface area is 179 Å². The number of nitrogens with one attached hydrogen (secondary N) is 2. The minimum atomic E-state index is -0.393. The smallest absolute Gasteiger partial charge is 0.315 e. The first-order valence-corrected chi connectivity index (χ1v) is 10.1. The fourth-order valence-corrected chi connectivity index (χ4v) is 3.78. The molecule has 1 aliphatic heterocycles. The molecule has 31 heavy (non-hydrogen) atoms. The van der Waals surface area contributed by atoms with Crippen LogP contribution in [0.4, 0.5) is 4.79 Å². The number of carbonyl (C=O) groups is 1. The molecule has 2 N–H and O–H groups in total. The summed E-state index contributed by atoms with van der Waals surface area (Å²) in [7, 11) is 1.97. The van der Waals surface area contributed by atoms with Gasteiger partial charge in [0.1, 0.15) is 11.9 Å². The first-order chi connectivity index (χ1) is 15.2. The topological polar surface area (TPSA) is 77.4 Å². The Balaban J connectivity index is 1.37. The van der Waals surface area contributed by atoms with E-state index in [2.05, 4.69) is 10.6 Å². The zero-order chi connectivity index (χ0) is 21.2. The molecule has 7 heteroatoms. The van der Waals surface area contributed by atoms with Gasteiger partial charge in [-0.15, -0.1) is 0 Å². The average molecular weight is 414 g/mol. The molecular weight excluding hydrogens is 392 g/mol. The molecule has 0 saturated carbocycles. The zero-order valence-electron chi connectivity index (χ0n) is 17.0. The Morgan fingerprint density at radius 2 is 1.81 bits per heavy atom. The molecule has 2 amide bonds. The number of carbonyl (C=O) groups excluding carboxylic acids is 1. The number of amides is 2. The molecule has 2 heterocycles. The third kappa shape index (κ3) is 3.77. The maximum absolute atomic E-state index is 12.8. The van der Waals surface area contributed by atoms with E-state index in [0.29, 0.717) is 12.3 Å². The van der Waals surface area contributed by atoms with Gasteiger partial charge in [-0.3, -0.25) is 0 Å². The van der Waals surface area contributed by atoms with Crippen molar-refractivity contribution in [2.45, 2.75) is 12.6 Å². The lowest BCUT2D eigenvalue weighted by molar-refractivity contribution is 0.174. The second-order valence-electron chi connectivity index (χ2n) is 7.38. The standard InChI is InChI=1S/C24H22N4O3/c1-28-19-10-6-5-9-18(19)26-23(28)22(17-7-3-2-4-8-17)27-24(29)25-14-16-11-12-20-21(13-16)31-15-30-20/h2-13,22H,14-15H2,1H3,(H2,25,27,29)/t22-/m1/s1. The third-order valence-corrected chi connectivity index (χ3v) is 5.38. The lowest BCUT2D eigenvalue weighted by Gasteiger charge is -2.19. The molecule has 0 fully saturated rings. The number of rotatable bonds is 5. The van der Waals surface area contributed by atoms with E-state index in [4.69, 9.17) is 14.5 Å². The normalized spacial score (nSPS) is 13.2. The summed E-state index contributed by atoms with van der Waals surface area (Å²) in [6.45, 7) is 0.593. The molecule has 1 atom stereocenters. The van der Waals surface area contributed by atoms with Crippen molar-refractivity contribution in [1.82, 2.24) is 20.2 Å². The largest absolute Gasteiger partial charge is 0.454 e. The second-order valence-corrected chi connectivity index (χ2v) is 7.38. The van der Waals surface area contributed by atoms with Gasteiger partial charge in [0.15, 0.2) is 11.5 Å². The number of ether oxygens (including phenoxy) is 2. The summed E-state index contributed by atoms with van der Waals surface area (Å²) in [5, 5.41) is 6.01. The number of benzene rings is 3. The van der Waals surface area contributed by atoms with E-state index in [1.54, 1.807) is 0 Å². The zero-order valence-corrected chi connectivity index (χ0v) is 17.0. The van der Waals surface area contributed by atoms with Crippen LogP contribution in [0.5, 0.6) is 11.5 Å². The van der Waals surface area contributed by atoms with Crippen LogP contribution in [0.2, 0.25) is 0 Å². The number of imidazole rings is 1. The quantitative estimate of drug-likeness (QED) is 0.519. The second kappa shape index (κ2) is 8.02. The van der Waals surface area contributed by atoms with Crippen molar-refractivity contribution in [1.29, 1.82) is 0 Å². The number of para-hydroxylation sites is 2. The van der Waals surface area contributed by atoms with Gasteiger partial charge in [-0.05, 0) is 35.4 Å². The van der Waals surface area contributed by atoms with Crippen LogP contribution in [0, 0.1) is 0 Å². The first kappa shape index (κ1) is 19.0. The summed E-state index contributed by atoms with van der Waals surface area (Å²) in [6, 6.07) is 22.7. The highest BCUT2D eigenvalue weighted by Gasteiger charge is 2.22. The fourth-order valence-electron chi connectivity index (χ4n) is 3.78. The van der Waals surface area contributed by atoms with Crippen LogP contribution in [-0.2, 0) is 13.6 Å². The Morgan fingerprint density at radius 3 is 2.65 bits per heavy atom. The Morgan fingerprint density at radius 1 is 1.03 bits per heavy atom. The van der Waals surface area contributed by atoms with E-state index in [0.717, 1.165) is 33.7 Å². The van der Waals surface area contributed by atoms with E-state index < -0.39 is 6.04 Å². The molecule has 1 aromatic heterocycles. The molecule has 3 aromatic carbocycles. The fraction of sp³-hybridized carbons (Fsp3) is 0.167. The van der Waals surface area contributed by atoms with E-state index in [1.807, 2.05) is 84.4 Å². The molecule has 0 aliphatic carbocycles. The molecule has 156 valence electrons. The van der Waals surface area contributed by atoms with Gasteiger partial charge < -0.3 is 24.7 Å². The summed E-state index contributed by atoms with van der Waals surface area (Å²) in [5.41, 5.74) is 3.79.